The van der Waals surface area contributed by atoms with E-state index in [1.165, 1.54) is 81.1 Å². The lowest BCUT2D eigenvalue weighted by Crippen LogP contribution is -3.00. The molecule has 226 valence electrons. The van der Waals surface area contributed by atoms with Crippen LogP contribution >= 0.6 is 22.9 Å². The van der Waals surface area contributed by atoms with E-state index in [9.17, 15) is 4.79 Å². The third-order valence-corrected chi connectivity index (χ3v) is 8.00. The largest absolute Gasteiger partial charge is 1.00 e. The lowest BCUT2D eigenvalue weighted by Gasteiger charge is -2.11. The fourth-order valence-electron chi connectivity index (χ4n) is 4.59. The maximum Gasteiger partial charge on any atom is 0.262 e. The van der Waals surface area contributed by atoms with Crippen LogP contribution in [0.2, 0.25) is 5.02 Å². The number of thiazole rings is 1. The number of benzene rings is 2. The molecule has 0 radical (unpaired) electrons. The summed E-state index contributed by atoms with van der Waals surface area (Å²) in [6, 6.07) is 13.2. The summed E-state index contributed by atoms with van der Waals surface area (Å²) in [6.45, 7) is 5.73. The van der Waals surface area contributed by atoms with Crippen molar-refractivity contribution >= 4 is 34.5 Å². The molecule has 8 heteroatoms. The van der Waals surface area contributed by atoms with Crippen LogP contribution < -0.4 is 36.3 Å². The van der Waals surface area contributed by atoms with Gasteiger partial charge in [-0.25, -0.2) is 0 Å². The molecule has 2 aromatic carbocycles. The molecule has 41 heavy (non-hydrogen) atoms. The molecule has 0 atom stereocenters. The van der Waals surface area contributed by atoms with Crippen molar-refractivity contribution in [2.75, 3.05) is 18.5 Å². The van der Waals surface area contributed by atoms with Crippen LogP contribution in [0, 0.1) is 6.92 Å². The Morgan fingerprint density at radius 3 is 2.10 bits per heavy atom. The Balaban J connectivity index is 0.00000588. The third-order valence-electron chi connectivity index (χ3n) is 6.85. The number of rotatable bonds is 20. The van der Waals surface area contributed by atoms with E-state index < -0.39 is 0 Å². The predicted molar refractivity (Wildman–Crippen MR) is 167 cm³/mol. The topological polar surface area (TPSA) is 51.4 Å². The Bertz CT molecular complexity index is 1140. The summed E-state index contributed by atoms with van der Waals surface area (Å²) in [4.78, 5) is 13.7. The number of amides is 1. The van der Waals surface area contributed by atoms with Crippen molar-refractivity contribution in [3.63, 3.8) is 0 Å². The number of hydrogen-bond donors (Lipinski definition) is 1. The summed E-state index contributed by atoms with van der Waals surface area (Å²) < 4.78 is 13.7. The first-order valence-electron chi connectivity index (χ1n) is 14.9. The number of nitrogens with zero attached hydrogens (tertiary/aromatic N) is 1. The van der Waals surface area contributed by atoms with Crippen LogP contribution in [0.1, 0.15) is 94.4 Å². The monoisotopic (exact) mass is 664 g/mol. The summed E-state index contributed by atoms with van der Waals surface area (Å²) in [5, 5.41) is 3.31. The molecular formula is C33H46BrClN2O3S. The van der Waals surface area contributed by atoms with Crippen molar-refractivity contribution in [3.8, 4) is 11.5 Å². The lowest BCUT2D eigenvalue weighted by atomic mass is 10.1. The molecule has 0 fully saturated rings. The van der Waals surface area contributed by atoms with Crippen LogP contribution in [0.3, 0.4) is 0 Å². The Morgan fingerprint density at radius 2 is 1.51 bits per heavy atom. The van der Waals surface area contributed by atoms with Crippen LogP contribution in [-0.2, 0) is 11.3 Å². The third kappa shape index (κ3) is 14.6. The van der Waals surface area contributed by atoms with Gasteiger partial charge in [0, 0.05) is 17.3 Å². The van der Waals surface area contributed by atoms with Gasteiger partial charge in [0.05, 0.1) is 16.5 Å². The average molecular weight is 666 g/mol. The van der Waals surface area contributed by atoms with Crippen LogP contribution in [0.25, 0.3) is 0 Å². The highest BCUT2D eigenvalue weighted by molar-refractivity contribution is 7.09. The molecule has 0 aliphatic heterocycles. The van der Waals surface area contributed by atoms with Crippen LogP contribution in [0.4, 0.5) is 5.69 Å². The summed E-state index contributed by atoms with van der Waals surface area (Å²) in [5.74, 6) is 0.952. The average Bonchev–Trinajstić information content (AvgIpc) is 3.36. The number of nitrogens with one attached hydrogen (secondary N) is 1. The van der Waals surface area contributed by atoms with E-state index in [0.29, 0.717) is 17.4 Å². The number of aryl methyl sites for hydroxylation is 1. The Hall–Kier alpha value is -2.09. The van der Waals surface area contributed by atoms with Crippen molar-refractivity contribution in [1.29, 1.82) is 0 Å². The highest BCUT2D eigenvalue weighted by Crippen LogP contribution is 2.29. The van der Waals surface area contributed by atoms with E-state index in [4.69, 9.17) is 21.1 Å². The van der Waals surface area contributed by atoms with Gasteiger partial charge in [0.2, 0.25) is 5.51 Å². The summed E-state index contributed by atoms with van der Waals surface area (Å²) in [5.41, 5.74) is 4.01. The second-order valence-corrected chi connectivity index (χ2v) is 12.0. The summed E-state index contributed by atoms with van der Waals surface area (Å²) in [6.07, 6.45) is 18.0. The maximum absolute atomic E-state index is 12.4. The van der Waals surface area contributed by atoms with E-state index in [1.807, 2.05) is 30.3 Å². The fraction of sp³-hybridized carbons (Fsp3) is 0.515. The number of aromatic nitrogens is 1. The van der Waals surface area contributed by atoms with Gasteiger partial charge in [-0.05, 0) is 37.6 Å². The minimum Gasteiger partial charge on any atom is -1.00 e. The Labute approximate surface area is 266 Å². The van der Waals surface area contributed by atoms with E-state index in [2.05, 4.69) is 35.4 Å². The molecule has 3 rings (SSSR count). The van der Waals surface area contributed by atoms with E-state index in [-0.39, 0.29) is 29.5 Å². The molecule has 1 amide bonds. The predicted octanol–water partition coefficient (Wildman–Crippen LogP) is 6.15. The zero-order chi connectivity index (χ0) is 28.4. The molecule has 3 aromatic rings. The number of ether oxygens (including phenoxy) is 2. The molecule has 0 aliphatic carbocycles. The van der Waals surface area contributed by atoms with Crippen molar-refractivity contribution in [1.82, 2.24) is 0 Å². The highest BCUT2D eigenvalue weighted by Gasteiger charge is 2.09. The molecule has 1 N–H and O–H groups in total. The fourth-order valence-corrected chi connectivity index (χ4v) is 5.45. The first-order valence-corrected chi connectivity index (χ1v) is 16.2. The normalized spacial score (nSPS) is 10.7. The number of carbonyl (C=O) groups excluding carboxylic acids is 1. The summed E-state index contributed by atoms with van der Waals surface area (Å²) >= 11 is 8.10. The van der Waals surface area contributed by atoms with Gasteiger partial charge in [-0.3, -0.25) is 4.79 Å². The second-order valence-electron chi connectivity index (χ2n) is 10.5. The molecule has 0 saturated carbocycles. The molecule has 0 aliphatic rings. The molecule has 1 heterocycles. The molecular weight excluding hydrogens is 620 g/mol. The van der Waals surface area contributed by atoms with Gasteiger partial charge in [-0.1, -0.05) is 113 Å². The zero-order valence-electron chi connectivity index (χ0n) is 24.6. The van der Waals surface area contributed by atoms with Gasteiger partial charge in [0.25, 0.3) is 5.91 Å². The summed E-state index contributed by atoms with van der Waals surface area (Å²) in [7, 11) is 0. The minimum atomic E-state index is -0.237. The highest BCUT2D eigenvalue weighted by atomic mass is 79.9. The number of halogens is 2. The van der Waals surface area contributed by atoms with Crippen molar-refractivity contribution in [2.24, 2.45) is 0 Å². The standard InChI is InChI=1S/C33H45ClN2O3S.BrH/c1-3-4-5-6-7-8-9-10-11-12-13-14-21-38-30-19-20-32(31(34)22-30)39-25-33(37)35-29-17-15-28(16-18-29)24-36-23-27(2)40-26-36;/h15-20,22-23,26H,3-14,21,24-25H2,1-2H3;1H. The lowest BCUT2D eigenvalue weighted by molar-refractivity contribution is -0.683. The van der Waals surface area contributed by atoms with Crippen LogP contribution in [0.15, 0.2) is 54.2 Å². The van der Waals surface area contributed by atoms with Crippen LogP contribution in [0.5, 0.6) is 11.5 Å². The van der Waals surface area contributed by atoms with E-state index >= 15 is 0 Å². The van der Waals surface area contributed by atoms with Crippen LogP contribution in [-0.4, -0.2) is 19.1 Å². The molecule has 0 bridgehead atoms. The quantitative estimate of drug-likeness (QED) is 0.116. The Kier molecular flexibility index (Phi) is 17.8. The number of unbranched alkanes of at least 4 members (excludes halogenated alkanes) is 11. The van der Waals surface area contributed by atoms with Gasteiger partial charge in [0.15, 0.2) is 19.3 Å². The van der Waals surface area contributed by atoms with Crippen molar-refractivity contribution < 1.29 is 35.8 Å². The van der Waals surface area contributed by atoms with Gasteiger partial charge in [0.1, 0.15) is 11.5 Å². The van der Waals surface area contributed by atoms with E-state index in [0.717, 1.165) is 24.4 Å². The maximum atomic E-state index is 12.4. The molecule has 1 aromatic heterocycles. The smallest absolute Gasteiger partial charge is 0.262 e. The first kappa shape index (κ1) is 35.1. The van der Waals surface area contributed by atoms with Crippen molar-refractivity contribution in [3.05, 3.63) is 69.6 Å². The minimum absolute atomic E-state index is 0. The molecule has 0 saturated heterocycles. The first-order chi connectivity index (χ1) is 19.5. The van der Waals surface area contributed by atoms with Gasteiger partial charge in [-0.2, -0.15) is 4.57 Å². The number of anilines is 1. The van der Waals surface area contributed by atoms with Crippen molar-refractivity contribution in [2.45, 2.75) is 97.4 Å². The molecule has 0 spiro atoms. The second kappa shape index (κ2) is 20.7. The van der Waals surface area contributed by atoms with E-state index in [1.54, 1.807) is 23.5 Å². The SMILES string of the molecule is CCCCCCCCCCCCCCOc1ccc(OCC(=O)Nc2ccc(C[n+]3csc(C)c3)cc2)c(Cl)c1.[Br-]. The number of carbonyl (C=O) groups is 1. The number of hydrogen-bond acceptors (Lipinski definition) is 4. The molecule has 0 unspecified atom stereocenters. The zero-order valence-corrected chi connectivity index (χ0v) is 27.8. The van der Waals surface area contributed by atoms with Gasteiger partial charge in [-0.15, -0.1) is 0 Å². The van der Waals surface area contributed by atoms with Gasteiger partial charge >= 0.3 is 0 Å². The Morgan fingerprint density at radius 1 is 0.878 bits per heavy atom. The molecule has 5 nitrogen and oxygen atoms in total. The van der Waals surface area contributed by atoms with Gasteiger partial charge < -0.3 is 31.8 Å².